The molecule has 0 saturated heterocycles. The van der Waals surface area contributed by atoms with Gasteiger partial charge in [0.05, 0.1) is 12.3 Å². The highest BCUT2D eigenvalue weighted by atomic mass is 32.1. The number of pyridine rings is 1. The quantitative estimate of drug-likeness (QED) is 0.549. The van der Waals surface area contributed by atoms with Gasteiger partial charge in [0.15, 0.2) is 0 Å². The van der Waals surface area contributed by atoms with Gasteiger partial charge in [-0.05, 0) is 24.3 Å². The maximum atomic E-state index is 12.5. The van der Waals surface area contributed by atoms with E-state index in [0.29, 0.717) is 24.7 Å². The summed E-state index contributed by atoms with van der Waals surface area (Å²) in [5.74, 6) is 0.238. The molecule has 0 fully saturated rings. The number of thiazole rings is 1. The minimum atomic E-state index is -0.268. The summed E-state index contributed by atoms with van der Waals surface area (Å²) < 4.78 is 7.43. The van der Waals surface area contributed by atoms with Gasteiger partial charge < -0.3 is 14.6 Å². The molecule has 27 heavy (non-hydrogen) atoms. The molecule has 0 unspecified atom stereocenters. The van der Waals surface area contributed by atoms with Crippen molar-refractivity contribution in [1.82, 2.24) is 14.5 Å². The third-order valence-electron chi connectivity index (χ3n) is 4.19. The first kappa shape index (κ1) is 17.4. The van der Waals surface area contributed by atoms with Crippen LogP contribution in [-0.2, 0) is 11.3 Å². The van der Waals surface area contributed by atoms with Gasteiger partial charge in [0.1, 0.15) is 16.5 Å². The molecule has 0 aliphatic rings. The van der Waals surface area contributed by atoms with Crippen molar-refractivity contribution < 1.29 is 9.53 Å². The molecule has 1 N–H and O–H groups in total. The van der Waals surface area contributed by atoms with Crippen LogP contribution >= 0.6 is 11.3 Å². The van der Waals surface area contributed by atoms with Crippen molar-refractivity contribution in [2.45, 2.75) is 6.54 Å². The van der Waals surface area contributed by atoms with Crippen LogP contribution < -0.4 is 5.32 Å². The molecule has 0 bridgehead atoms. The van der Waals surface area contributed by atoms with Crippen LogP contribution in [-0.4, -0.2) is 34.2 Å². The Balaban J connectivity index is 1.65. The average Bonchev–Trinajstić information content (AvgIpc) is 3.32. The van der Waals surface area contributed by atoms with E-state index in [-0.39, 0.29) is 5.91 Å². The number of nitrogens with zero attached hydrogens (tertiary/aromatic N) is 3. The number of ether oxygens (including phenoxy) is 1. The molecule has 1 aromatic carbocycles. The lowest BCUT2D eigenvalue weighted by atomic mass is 10.2. The van der Waals surface area contributed by atoms with Gasteiger partial charge >= 0.3 is 0 Å². The summed E-state index contributed by atoms with van der Waals surface area (Å²) >= 11 is 1.45. The standard InChI is InChI=1S/C20H18N4O2S/c1-26-11-10-24-16-7-3-2-6-14(16)12-17(24)20-22-15(13-27-20)19(25)23-18-8-4-5-9-21-18/h2-9,12-13H,10-11H2,1H3,(H,21,23,25). The molecular weight excluding hydrogens is 360 g/mol. The van der Waals surface area contributed by atoms with E-state index in [1.165, 1.54) is 11.3 Å². The number of rotatable bonds is 6. The van der Waals surface area contributed by atoms with E-state index in [9.17, 15) is 4.79 Å². The highest BCUT2D eigenvalue weighted by Crippen LogP contribution is 2.30. The number of benzene rings is 1. The SMILES string of the molecule is COCCn1c(-c2nc(C(=O)Nc3ccccn3)cs2)cc2ccccc21. The largest absolute Gasteiger partial charge is 0.383 e. The fourth-order valence-electron chi connectivity index (χ4n) is 2.92. The summed E-state index contributed by atoms with van der Waals surface area (Å²) in [5.41, 5.74) is 2.48. The van der Waals surface area contributed by atoms with Crippen molar-refractivity contribution in [1.29, 1.82) is 0 Å². The lowest BCUT2D eigenvalue weighted by Crippen LogP contribution is -2.13. The van der Waals surface area contributed by atoms with Gasteiger partial charge in [-0.25, -0.2) is 9.97 Å². The van der Waals surface area contributed by atoms with Gasteiger partial charge in [-0.2, -0.15) is 0 Å². The van der Waals surface area contributed by atoms with Crippen LogP contribution in [0.1, 0.15) is 10.5 Å². The third kappa shape index (κ3) is 3.60. The summed E-state index contributed by atoms with van der Waals surface area (Å²) in [6.07, 6.45) is 1.64. The minimum absolute atomic E-state index is 0.268. The number of nitrogens with one attached hydrogen (secondary N) is 1. The summed E-state index contributed by atoms with van der Waals surface area (Å²) in [5, 5.41) is 6.47. The fraction of sp³-hybridized carbons (Fsp3) is 0.150. The van der Waals surface area contributed by atoms with Crippen LogP contribution in [0, 0.1) is 0 Å². The number of carbonyl (C=O) groups is 1. The Kier molecular flexibility index (Phi) is 4.95. The number of carbonyl (C=O) groups excluding carboxylic acids is 1. The van der Waals surface area contributed by atoms with Crippen molar-refractivity contribution in [3.8, 4) is 10.7 Å². The lowest BCUT2D eigenvalue weighted by molar-refractivity contribution is 0.102. The normalized spacial score (nSPS) is 11.0. The number of hydrogen-bond donors (Lipinski definition) is 1. The van der Waals surface area contributed by atoms with Crippen LogP contribution in [0.25, 0.3) is 21.6 Å². The van der Waals surface area contributed by atoms with E-state index < -0.39 is 0 Å². The molecule has 0 radical (unpaired) electrons. The number of fused-ring (bicyclic) bond motifs is 1. The van der Waals surface area contributed by atoms with Gasteiger partial charge in [0.2, 0.25) is 0 Å². The zero-order chi connectivity index (χ0) is 18.6. The number of methoxy groups -OCH3 is 1. The molecule has 136 valence electrons. The van der Waals surface area contributed by atoms with Crippen LogP contribution in [0.15, 0.2) is 60.1 Å². The van der Waals surface area contributed by atoms with Gasteiger partial charge in [0, 0.05) is 36.1 Å². The van der Waals surface area contributed by atoms with Crippen molar-refractivity contribution in [3.63, 3.8) is 0 Å². The van der Waals surface area contributed by atoms with Gasteiger partial charge in [-0.1, -0.05) is 24.3 Å². The molecule has 0 aliphatic carbocycles. The summed E-state index contributed by atoms with van der Waals surface area (Å²) in [7, 11) is 1.69. The molecule has 0 spiro atoms. The Morgan fingerprint density at radius 1 is 1.22 bits per heavy atom. The molecule has 7 heteroatoms. The number of anilines is 1. The molecule has 3 aromatic heterocycles. The Bertz CT molecular complexity index is 1070. The van der Waals surface area contributed by atoms with Crippen molar-refractivity contribution >= 4 is 34.0 Å². The minimum Gasteiger partial charge on any atom is -0.383 e. The number of aromatic nitrogens is 3. The predicted molar refractivity (Wildman–Crippen MR) is 107 cm³/mol. The van der Waals surface area contributed by atoms with E-state index in [0.717, 1.165) is 21.6 Å². The number of amides is 1. The zero-order valence-electron chi connectivity index (χ0n) is 14.8. The van der Waals surface area contributed by atoms with Gasteiger partial charge in [0.25, 0.3) is 5.91 Å². The fourth-order valence-corrected chi connectivity index (χ4v) is 3.75. The third-order valence-corrected chi connectivity index (χ3v) is 5.06. The van der Waals surface area contributed by atoms with Crippen LogP contribution in [0.2, 0.25) is 0 Å². The predicted octanol–water partition coefficient (Wildman–Crippen LogP) is 4.06. The molecule has 0 saturated carbocycles. The Morgan fingerprint density at radius 3 is 2.89 bits per heavy atom. The first-order valence-electron chi connectivity index (χ1n) is 8.52. The van der Waals surface area contributed by atoms with E-state index in [1.807, 2.05) is 18.2 Å². The summed E-state index contributed by atoms with van der Waals surface area (Å²) in [4.78, 5) is 21.1. The molecule has 1 amide bonds. The maximum absolute atomic E-state index is 12.5. The Morgan fingerprint density at radius 2 is 2.07 bits per heavy atom. The first-order chi connectivity index (χ1) is 13.3. The van der Waals surface area contributed by atoms with Crippen LogP contribution in [0.3, 0.4) is 0 Å². The Labute approximate surface area is 160 Å². The van der Waals surface area contributed by atoms with Crippen molar-refractivity contribution in [2.24, 2.45) is 0 Å². The monoisotopic (exact) mass is 378 g/mol. The lowest BCUT2D eigenvalue weighted by Gasteiger charge is -2.08. The van der Waals surface area contributed by atoms with Crippen molar-refractivity contribution in [3.05, 3.63) is 65.8 Å². The molecular formula is C20H18N4O2S. The molecule has 4 aromatic rings. The second-order valence-corrected chi connectivity index (χ2v) is 6.80. The summed E-state index contributed by atoms with van der Waals surface area (Å²) in [6, 6.07) is 15.7. The average molecular weight is 378 g/mol. The smallest absolute Gasteiger partial charge is 0.276 e. The topological polar surface area (TPSA) is 69.0 Å². The second-order valence-electron chi connectivity index (χ2n) is 5.94. The van der Waals surface area contributed by atoms with E-state index >= 15 is 0 Å². The molecule has 0 aliphatic heterocycles. The van der Waals surface area contributed by atoms with Crippen LogP contribution in [0.5, 0.6) is 0 Å². The number of para-hydroxylation sites is 1. The van der Waals surface area contributed by atoms with Gasteiger partial charge in [-0.15, -0.1) is 11.3 Å². The second kappa shape index (κ2) is 7.69. The van der Waals surface area contributed by atoms with Gasteiger partial charge in [-0.3, -0.25) is 4.79 Å². The van der Waals surface area contributed by atoms with E-state index in [2.05, 4.69) is 38.1 Å². The van der Waals surface area contributed by atoms with E-state index in [1.54, 1.807) is 30.8 Å². The molecule has 6 nitrogen and oxygen atoms in total. The first-order valence-corrected chi connectivity index (χ1v) is 9.40. The highest BCUT2D eigenvalue weighted by molar-refractivity contribution is 7.13. The number of hydrogen-bond acceptors (Lipinski definition) is 5. The molecule has 4 rings (SSSR count). The highest BCUT2D eigenvalue weighted by Gasteiger charge is 2.17. The maximum Gasteiger partial charge on any atom is 0.276 e. The Hall–Kier alpha value is -3.03. The van der Waals surface area contributed by atoms with E-state index in [4.69, 9.17) is 4.74 Å². The zero-order valence-corrected chi connectivity index (χ0v) is 15.6. The summed E-state index contributed by atoms with van der Waals surface area (Å²) in [6.45, 7) is 1.32. The molecule has 3 heterocycles. The van der Waals surface area contributed by atoms with Crippen LogP contribution in [0.4, 0.5) is 5.82 Å². The van der Waals surface area contributed by atoms with Crippen molar-refractivity contribution in [2.75, 3.05) is 19.0 Å². The molecule has 0 atom stereocenters.